The lowest BCUT2D eigenvalue weighted by Crippen LogP contribution is -1.79. The van der Waals surface area contributed by atoms with Gasteiger partial charge in [-0.15, -0.1) is 0 Å². The van der Waals surface area contributed by atoms with E-state index in [0.717, 1.165) is 6.42 Å². The molecule has 0 unspecified atom stereocenters. The van der Waals surface area contributed by atoms with Crippen LogP contribution in [0.2, 0.25) is 0 Å². The molecule has 58 valence electrons. The van der Waals surface area contributed by atoms with Crippen molar-refractivity contribution < 1.29 is 0 Å². The van der Waals surface area contributed by atoms with Crippen LogP contribution in [-0.2, 0) is 6.42 Å². The van der Waals surface area contributed by atoms with Crippen LogP contribution < -0.4 is 0 Å². The predicted molar refractivity (Wildman–Crippen MR) is 53.0 cm³/mol. The minimum Gasteiger partial charge on any atom is -0.0732 e. The molecule has 0 aliphatic carbocycles. The van der Waals surface area contributed by atoms with Crippen molar-refractivity contribution in [2.45, 2.75) is 13.3 Å². The summed E-state index contributed by atoms with van der Waals surface area (Å²) in [5.41, 5.74) is 2.67. The second kappa shape index (κ2) is 4.35. The van der Waals surface area contributed by atoms with Crippen molar-refractivity contribution in [1.29, 1.82) is 0 Å². The molecule has 0 aliphatic rings. The third kappa shape index (κ3) is 2.89. The van der Waals surface area contributed by atoms with E-state index in [2.05, 4.69) is 53.2 Å². The van der Waals surface area contributed by atoms with Gasteiger partial charge in [-0.25, -0.2) is 0 Å². The van der Waals surface area contributed by atoms with Gasteiger partial charge in [0.25, 0.3) is 0 Å². The van der Waals surface area contributed by atoms with E-state index in [-0.39, 0.29) is 0 Å². The van der Waals surface area contributed by atoms with Crippen LogP contribution in [0.15, 0.2) is 35.3 Å². The third-order valence-electron chi connectivity index (χ3n) is 1.56. The molecule has 1 heteroatoms. The number of halogens is 1. The molecule has 0 saturated carbocycles. The van der Waals surface area contributed by atoms with E-state index in [1.165, 1.54) is 11.1 Å². The Hall–Kier alpha value is -0.560. The summed E-state index contributed by atoms with van der Waals surface area (Å²) in [6.45, 7) is 2.10. The molecule has 0 amide bonds. The molecule has 0 bridgehead atoms. The van der Waals surface area contributed by atoms with Gasteiger partial charge in [0, 0.05) is 0 Å². The summed E-state index contributed by atoms with van der Waals surface area (Å²) in [4.78, 5) is 1.90. The molecule has 0 atom stereocenters. The third-order valence-corrected chi connectivity index (χ3v) is 1.94. The number of aryl methyl sites for hydroxylation is 1. The molecule has 0 aliphatic heterocycles. The minimum atomic E-state index is 1.01. The second-order valence-electron chi connectivity index (χ2n) is 2.55. The zero-order valence-electron chi connectivity index (χ0n) is 6.55. The molecule has 0 N–H and O–H groups in total. The van der Waals surface area contributed by atoms with Crippen LogP contribution in [0.4, 0.5) is 0 Å². The van der Waals surface area contributed by atoms with Gasteiger partial charge < -0.3 is 0 Å². The Morgan fingerprint density at radius 1 is 1.27 bits per heavy atom. The van der Waals surface area contributed by atoms with E-state index < -0.39 is 0 Å². The van der Waals surface area contributed by atoms with Crippen molar-refractivity contribution in [3.63, 3.8) is 0 Å². The zero-order valence-corrected chi connectivity index (χ0v) is 8.14. The summed E-state index contributed by atoms with van der Waals surface area (Å²) < 4.78 is 0. The van der Waals surface area contributed by atoms with Crippen molar-refractivity contribution in [3.8, 4) is 0 Å². The first-order valence-corrected chi connectivity index (χ1v) is 4.55. The zero-order chi connectivity index (χ0) is 8.10. The molecule has 1 rings (SSSR count). The van der Waals surface area contributed by atoms with E-state index >= 15 is 0 Å². The van der Waals surface area contributed by atoms with Crippen LogP contribution in [0.1, 0.15) is 11.1 Å². The van der Waals surface area contributed by atoms with Gasteiger partial charge in [0.2, 0.25) is 0 Å². The van der Waals surface area contributed by atoms with Crippen molar-refractivity contribution in [2.75, 3.05) is 0 Å². The fraction of sp³-hybridized carbons (Fsp3) is 0.200. The van der Waals surface area contributed by atoms with E-state index in [1.54, 1.807) is 0 Å². The molecule has 0 fully saturated rings. The van der Waals surface area contributed by atoms with Crippen LogP contribution in [-0.4, -0.2) is 0 Å². The summed E-state index contributed by atoms with van der Waals surface area (Å²) >= 11 is 3.24. The largest absolute Gasteiger partial charge is 0.0732 e. The standard InChI is InChI=1S/C10H11Br/c1-9-4-6-10(7-5-9)3-2-8-11/h2,4-8H,3H2,1H3/b8-2+. The average molecular weight is 211 g/mol. The van der Waals surface area contributed by atoms with Crippen molar-refractivity contribution in [2.24, 2.45) is 0 Å². The normalized spacial score (nSPS) is 10.7. The van der Waals surface area contributed by atoms with Crippen molar-refractivity contribution in [3.05, 3.63) is 46.5 Å². The molecule has 0 nitrogen and oxygen atoms in total. The lowest BCUT2D eigenvalue weighted by molar-refractivity contribution is 1.26. The Morgan fingerprint density at radius 2 is 1.91 bits per heavy atom. The van der Waals surface area contributed by atoms with Crippen LogP contribution >= 0.6 is 15.9 Å². The first-order chi connectivity index (χ1) is 5.33. The fourth-order valence-corrected chi connectivity index (χ4v) is 1.09. The van der Waals surface area contributed by atoms with Crippen molar-refractivity contribution >= 4 is 15.9 Å². The first-order valence-electron chi connectivity index (χ1n) is 3.63. The Kier molecular flexibility index (Phi) is 3.37. The van der Waals surface area contributed by atoms with Gasteiger partial charge in [0.15, 0.2) is 0 Å². The second-order valence-corrected chi connectivity index (χ2v) is 3.08. The molecular weight excluding hydrogens is 200 g/mol. The molecule has 11 heavy (non-hydrogen) atoms. The van der Waals surface area contributed by atoms with E-state index in [0.29, 0.717) is 0 Å². The van der Waals surface area contributed by atoms with Gasteiger partial charge in [0.05, 0.1) is 0 Å². The van der Waals surface area contributed by atoms with Gasteiger partial charge in [-0.1, -0.05) is 51.8 Å². The monoisotopic (exact) mass is 210 g/mol. The molecule has 0 spiro atoms. The van der Waals surface area contributed by atoms with Crippen molar-refractivity contribution in [1.82, 2.24) is 0 Å². The molecule has 1 aromatic rings. The highest BCUT2D eigenvalue weighted by Crippen LogP contribution is 2.04. The van der Waals surface area contributed by atoms with Crippen LogP contribution in [0.25, 0.3) is 0 Å². The Balaban J connectivity index is 2.66. The average Bonchev–Trinajstić information content (AvgIpc) is 2.04. The molecule has 0 heterocycles. The van der Waals surface area contributed by atoms with Gasteiger partial charge in [-0.2, -0.15) is 0 Å². The quantitative estimate of drug-likeness (QED) is 0.702. The number of hydrogen-bond acceptors (Lipinski definition) is 0. The SMILES string of the molecule is Cc1ccc(C/C=C/Br)cc1. The molecule has 0 radical (unpaired) electrons. The maximum Gasteiger partial charge on any atom is -0.00892 e. The fourth-order valence-electron chi connectivity index (χ4n) is 0.905. The Bertz CT molecular complexity index is 234. The number of allylic oxidation sites excluding steroid dienone is 1. The number of rotatable bonds is 2. The summed E-state index contributed by atoms with van der Waals surface area (Å²) in [7, 11) is 0. The van der Waals surface area contributed by atoms with Gasteiger partial charge in [0.1, 0.15) is 0 Å². The molecular formula is C10H11Br. The summed E-state index contributed by atoms with van der Waals surface area (Å²) in [5.74, 6) is 0. The highest BCUT2D eigenvalue weighted by atomic mass is 79.9. The summed E-state index contributed by atoms with van der Waals surface area (Å²) in [6.07, 6.45) is 3.09. The van der Waals surface area contributed by atoms with Crippen LogP contribution in [0, 0.1) is 6.92 Å². The summed E-state index contributed by atoms with van der Waals surface area (Å²) in [6, 6.07) is 8.58. The lowest BCUT2D eigenvalue weighted by Gasteiger charge is -1.95. The summed E-state index contributed by atoms with van der Waals surface area (Å²) in [5, 5.41) is 0. The lowest BCUT2D eigenvalue weighted by atomic mass is 10.1. The maximum absolute atomic E-state index is 3.24. The number of hydrogen-bond donors (Lipinski definition) is 0. The Labute approximate surface area is 76.1 Å². The first kappa shape index (κ1) is 8.54. The maximum atomic E-state index is 3.24. The molecule has 1 aromatic carbocycles. The van der Waals surface area contributed by atoms with E-state index in [9.17, 15) is 0 Å². The van der Waals surface area contributed by atoms with Crippen LogP contribution in [0.3, 0.4) is 0 Å². The van der Waals surface area contributed by atoms with Gasteiger partial charge in [-0.05, 0) is 23.9 Å². The van der Waals surface area contributed by atoms with Gasteiger partial charge in [-0.3, -0.25) is 0 Å². The van der Waals surface area contributed by atoms with Gasteiger partial charge >= 0.3 is 0 Å². The van der Waals surface area contributed by atoms with E-state index in [4.69, 9.17) is 0 Å². The smallest absolute Gasteiger partial charge is 0.00892 e. The Morgan fingerprint density at radius 3 is 2.45 bits per heavy atom. The highest BCUT2D eigenvalue weighted by molar-refractivity contribution is 9.11. The predicted octanol–water partition coefficient (Wildman–Crippen LogP) is 3.45. The van der Waals surface area contributed by atoms with Crippen LogP contribution in [0.5, 0.6) is 0 Å². The molecule has 0 saturated heterocycles. The topological polar surface area (TPSA) is 0 Å². The highest BCUT2D eigenvalue weighted by Gasteiger charge is 1.87. The number of benzene rings is 1. The van der Waals surface area contributed by atoms with E-state index in [1.807, 2.05) is 4.99 Å². The molecule has 0 aromatic heterocycles. The minimum absolute atomic E-state index is 1.01.